The first-order valence-electron chi connectivity index (χ1n) is 8.51. The first kappa shape index (κ1) is 18.1. The van der Waals surface area contributed by atoms with E-state index in [1.807, 2.05) is 36.5 Å². The van der Waals surface area contributed by atoms with Gasteiger partial charge in [-0.2, -0.15) is 0 Å². The smallest absolute Gasteiger partial charge is 0.124 e. The van der Waals surface area contributed by atoms with Crippen molar-refractivity contribution in [1.82, 2.24) is 15.2 Å². The highest BCUT2D eigenvalue weighted by atomic mass is 35.5. The molecule has 0 spiro atoms. The Hall–Kier alpha value is -1.66. The summed E-state index contributed by atoms with van der Waals surface area (Å²) >= 11 is 6.16. The van der Waals surface area contributed by atoms with Crippen LogP contribution in [0.1, 0.15) is 11.1 Å². The Morgan fingerprint density at radius 1 is 1.40 bits per heavy atom. The van der Waals surface area contributed by atoms with Crippen molar-refractivity contribution < 1.29 is 9.47 Å². The summed E-state index contributed by atoms with van der Waals surface area (Å²) in [6.07, 6.45) is 3.79. The average molecular weight is 362 g/mol. The minimum Gasteiger partial charge on any atom is -0.489 e. The minimum absolute atomic E-state index is 0.220. The molecule has 1 aromatic carbocycles. The van der Waals surface area contributed by atoms with Crippen LogP contribution in [0, 0.1) is 0 Å². The van der Waals surface area contributed by atoms with Gasteiger partial charge in [0.25, 0.3) is 0 Å². The molecule has 6 heteroatoms. The molecule has 1 atom stereocenters. The lowest BCUT2D eigenvalue weighted by Gasteiger charge is -2.30. The van der Waals surface area contributed by atoms with E-state index in [1.165, 1.54) is 0 Å². The summed E-state index contributed by atoms with van der Waals surface area (Å²) in [5.74, 6) is 0.836. The number of aromatic nitrogens is 1. The molecule has 0 saturated carbocycles. The Bertz CT molecular complexity index is 669. The van der Waals surface area contributed by atoms with Crippen molar-refractivity contribution in [3.63, 3.8) is 0 Å². The number of nitrogens with one attached hydrogen (secondary N) is 1. The number of halogens is 1. The molecule has 134 valence electrons. The summed E-state index contributed by atoms with van der Waals surface area (Å²) in [6, 6.07) is 9.62. The van der Waals surface area contributed by atoms with Crippen LogP contribution in [0.5, 0.6) is 5.75 Å². The minimum atomic E-state index is 0.220. The van der Waals surface area contributed by atoms with Gasteiger partial charge in [0, 0.05) is 54.7 Å². The van der Waals surface area contributed by atoms with Gasteiger partial charge in [0.1, 0.15) is 12.4 Å². The van der Waals surface area contributed by atoms with Gasteiger partial charge in [0.2, 0.25) is 0 Å². The summed E-state index contributed by atoms with van der Waals surface area (Å²) in [7, 11) is 2.12. The number of rotatable bonds is 7. The Balaban J connectivity index is 1.55. The van der Waals surface area contributed by atoms with Gasteiger partial charge < -0.3 is 19.7 Å². The molecular formula is C19H24ClN3O2. The SMILES string of the molecule is CN1CCO[C@H](CNCc2cc(Cl)ccc2OCc2cccnc2)C1. The quantitative estimate of drug-likeness (QED) is 0.821. The number of likely N-dealkylation sites (N-methyl/N-ethyl adjacent to an activating group) is 1. The molecule has 0 bridgehead atoms. The van der Waals surface area contributed by atoms with Gasteiger partial charge in [0.15, 0.2) is 0 Å². The van der Waals surface area contributed by atoms with Crippen LogP contribution >= 0.6 is 11.6 Å². The fraction of sp³-hybridized carbons (Fsp3) is 0.421. The third kappa shape index (κ3) is 5.68. The molecule has 1 aromatic heterocycles. The van der Waals surface area contributed by atoms with Crippen LogP contribution in [0.4, 0.5) is 0 Å². The Labute approximate surface area is 153 Å². The van der Waals surface area contributed by atoms with Crippen molar-refractivity contribution in [2.45, 2.75) is 19.3 Å². The second-order valence-electron chi connectivity index (χ2n) is 6.29. The van der Waals surface area contributed by atoms with Crippen LogP contribution in [-0.4, -0.2) is 49.3 Å². The lowest BCUT2D eigenvalue weighted by molar-refractivity contribution is -0.0182. The van der Waals surface area contributed by atoms with E-state index in [1.54, 1.807) is 6.20 Å². The number of benzene rings is 1. The van der Waals surface area contributed by atoms with E-state index in [4.69, 9.17) is 21.1 Å². The van der Waals surface area contributed by atoms with Gasteiger partial charge in [-0.1, -0.05) is 17.7 Å². The maximum atomic E-state index is 6.16. The Morgan fingerprint density at radius 3 is 3.12 bits per heavy atom. The molecular weight excluding hydrogens is 338 g/mol. The van der Waals surface area contributed by atoms with E-state index in [9.17, 15) is 0 Å². The molecule has 0 radical (unpaired) electrons. The fourth-order valence-electron chi connectivity index (χ4n) is 2.83. The van der Waals surface area contributed by atoms with E-state index >= 15 is 0 Å². The van der Waals surface area contributed by atoms with Crippen molar-refractivity contribution in [2.75, 3.05) is 33.3 Å². The van der Waals surface area contributed by atoms with Crippen LogP contribution in [0.3, 0.4) is 0 Å². The number of morpholine rings is 1. The van der Waals surface area contributed by atoms with Crippen LogP contribution in [0.2, 0.25) is 5.02 Å². The van der Waals surface area contributed by atoms with Gasteiger partial charge in [-0.3, -0.25) is 4.98 Å². The maximum Gasteiger partial charge on any atom is 0.124 e. The van der Waals surface area contributed by atoms with Crippen molar-refractivity contribution in [1.29, 1.82) is 0 Å². The van der Waals surface area contributed by atoms with E-state index in [0.29, 0.717) is 18.2 Å². The summed E-state index contributed by atoms with van der Waals surface area (Å²) in [6.45, 7) is 4.72. The van der Waals surface area contributed by atoms with E-state index < -0.39 is 0 Å². The molecule has 1 aliphatic heterocycles. The highest BCUT2D eigenvalue weighted by molar-refractivity contribution is 6.30. The number of nitrogens with zero attached hydrogens (tertiary/aromatic N) is 2. The molecule has 2 heterocycles. The Kier molecular flexibility index (Phi) is 6.64. The predicted octanol–water partition coefficient (Wildman–Crippen LogP) is 2.73. The van der Waals surface area contributed by atoms with Crippen molar-refractivity contribution in [3.05, 3.63) is 58.9 Å². The first-order chi connectivity index (χ1) is 12.2. The van der Waals surface area contributed by atoms with E-state index in [-0.39, 0.29) is 6.10 Å². The third-order valence-electron chi connectivity index (χ3n) is 4.17. The second-order valence-corrected chi connectivity index (χ2v) is 6.72. The number of hydrogen-bond acceptors (Lipinski definition) is 5. The molecule has 1 fully saturated rings. The summed E-state index contributed by atoms with van der Waals surface area (Å²) < 4.78 is 11.7. The zero-order valence-corrected chi connectivity index (χ0v) is 15.2. The lowest BCUT2D eigenvalue weighted by atomic mass is 10.2. The van der Waals surface area contributed by atoms with E-state index in [2.05, 4.69) is 22.2 Å². The van der Waals surface area contributed by atoms with Gasteiger partial charge in [-0.25, -0.2) is 0 Å². The van der Waals surface area contributed by atoms with Crippen molar-refractivity contribution in [3.8, 4) is 5.75 Å². The zero-order chi connectivity index (χ0) is 17.5. The highest BCUT2D eigenvalue weighted by Gasteiger charge is 2.17. The van der Waals surface area contributed by atoms with Crippen LogP contribution in [0.15, 0.2) is 42.7 Å². The molecule has 5 nitrogen and oxygen atoms in total. The molecule has 0 amide bonds. The topological polar surface area (TPSA) is 46.6 Å². The molecule has 0 unspecified atom stereocenters. The molecule has 3 rings (SSSR count). The Morgan fingerprint density at radius 2 is 2.32 bits per heavy atom. The number of hydrogen-bond donors (Lipinski definition) is 1. The molecule has 25 heavy (non-hydrogen) atoms. The number of pyridine rings is 1. The highest BCUT2D eigenvalue weighted by Crippen LogP contribution is 2.24. The standard InChI is InChI=1S/C19H24ClN3O2/c1-23-7-8-24-18(13-23)12-22-11-16-9-17(20)4-5-19(16)25-14-15-3-2-6-21-10-15/h2-6,9-10,18,22H,7-8,11-14H2,1H3/t18-/m1/s1. The molecule has 2 aromatic rings. The zero-order valence-electron chi connectivity index (χ0n) is 14.5. The molecule has 0 aliphatic carbocycles. The van der Waals surface area contributed by atoms with Gasteiger partial charge in [-0.05, 0) is 31.3 Å². The number of ether oxygens (including phenoxy) is 2. The molecule has 1 aliphatic rings. The fourth-order valence-corrected chi connectivity index (χ4v) is 3.02. The molecule has 1 N–H and O–H groups in total. The summed E-state index contributed by atoms with van der Waals surface area (Å²) in [5.41, 5.74) is 2.08. The van der Waals surface area contributed by atoms with Gasteiger partial charge in [0.05, 0.1) is 12.7 Å². The lowest BCUT2D eigenvalue weighted by Crippen LogP contribution is -2.44. The van der Waals surface area contributed by atoms with Crippen molar-refractivity contribution in [2.24, 2.45) is 0 Å². The summed E-state index contributed by atoms with van der Waals surface area (Å²) in [4.78, 5) is 6.40. The first-order valence-corrected chi connectivity index (χ1v) is 8.89. The van der Waals surface area contributed by atoms with Crippen LogP contribution in [-0.2, 0) is 17.9 Å². The third-order valence-corrected chi connectivity index (χ3v) is 4.40. The average Bonchev–Trinajstić information content (AvgIpc) is 2.62. The summed E-state index contributed by atoms with van der Waals surface area (Å²) in [5, 5.41) is 4.16. The van der Waals surface area contributed by atoms with E-state index in [0.717, 1.165) is 43.1 Å². The maximum absolute atomic E-state index is 6.16. The molecule has 1 saturated heterocycles. The second kappa shape index (κ2) is 9.15. The van der Waals surface area contributed by atoms with Crippen LogP contribution in [0.25, 0.3) is 0 Å². The van der Waals surface area contributed by atoms with Gasteiger partial charge >= 0.3 is 0 Å². The predicted molar refractivity (Wildman–Crippen MR) is 99.0 cm³/mol. The normalized spacial score (nSPS) is 18.2. The largest absolute Gasteiger partial charge is 0.489 e. The van der Waals surface area contributed by atoms with Crippen LogP contribution < -0.4 is 10.1 Å². The monoisotopic (exact) mass is 361 g/mol. The van der Waals surface area contributed by atoms with Gasteiger partial charge in [-0.15, -0.1) is 0 Å². The van der Waals surface area contributed by atoms with Crippen molar-refractivity contribution >= 4 is 11.6 Å².